The summed E-state index contributed by atoms with van der Waals surface area (Å²) in [6.07, 6.45) is 1.93. The van der Waals surface area contributed by atoms with E-state index in [1.54, 1.807) is 4.90 Å². The third kappa shape index (κ3) is 2.27. The number of hydrogen-bond donors (Lipinski definition) is 0. The lowest BCUT2D eigenvalue weighted by Crippen LogP contribution is -2.30. The van der Waals surface area contributed by atoms with Gasteiger partial charge in [0.25, 0.3) is 5.24 Å². The molecule has 1 rings (SSSR count). The summed E-state index contributed by atoms with van der Waals surface area (Å²) < 4.78 is 0. The molecule has 1 fully saturated rings. The summed E-state index contributed by atoms with van der Waals surface area (Å²) >= 11 is 7.34. The predicted molar refractivity (Wildman–Crippen MR) is 49.1 cm³/mol. The van der Waals surface area contributed by atoms with E-state index < -0.39 is 0 Å². The van der Waals surface area contributed by atoms with Crippen LogP contribution >= 0.6 is 23.4 Å². The number of hydrogen-bond acceptors (Lipinski definition) is 2. The third-order valence-electron chi connectivity index (χ3n) is 1.66. The standard InChI is InChI=1S/C7H12ClNOS/c1-2-3-6(8)9-4-5-11-7(9)10/h6H,2-5H2,1H3. The highest BCUT2D eigenvalue weighted by molar-refractivity contribution is 8.13. The van der Waals surface area contributed by atoms with Crippen molar-refractivity contribution in [3.8, 4) is 0 Å². The highest BCUT2D eigenvalue weighted by Gasteiger charge is 2.26. The summed E-state index contributed by atoms with van der Waals surface area (Å²) in [5.41, 5.74) is -0.0810. The molecule has 1 aliphatic heterocycles. The van der Waals surface area contributed by atoms with Crippen LogP contribution in [0.4, 0.5) is 4.79 Å². The van der Waals surface area contributed by atoms with Crippen LogP contribution in [-0.4, -0.2) is 27.9 Å². The van der Waals surface area contributed by atoms with Gasteiger partial charge in [-0.15, -0.1) is 0 Å². The van der Waals surface area contributed by atoms with Gasteiger partial charge in [-0.2, -0.15) is 0 Å². The Morgan fingerprint density at radius 1 is 1.82 bits per heavy atom. The first-order valence-electron chi connectivity index (χ1n) is 3.83. The molecule has 1 amide bonds. The molecule has 0 aromatic rings. The molecule has 0 aromatic carbocycles. The predicted octanol–water partition coefficient (Wildman–Crippen LogP) is 2.52. The van der Waals surface area contributed by atoms with Crippen molar-refractivity contribution in [2.24, 2.45) is 0 Å². The largest absolute Gasteiger partial charge is 0.316 e. The van der Waals surface area contributed by atoms with Crippen molar-refractivity contribution >= 4 is 28.6 Å². The van der Waals surface area contributed by atoms with E-state index in [0.29, 0.717) is 0 Å². The SMILES string of the molecule is CCCC(Cl)N1CCSC1=O. The Labute approximate surface area is 76.3 Å². The normalized spacial score (nSPS) is 20.9. The van der Waals surface area contributed by atoms with Crippen LogP contribution in [0.2, 0.25) is 0 Å². The lowest BCUT2D eigenvalue weighted by Gasteiger charge is -2.20. The molecule has 64 valence electrons. The molecule has 0 radical (unpaired) electrons. The molecule has 1 heterocycles. The van der Waals surface area contributed by atoms with Crippen molar-refractivity contribution in [2.45, 2.75) is 25.3 Å². The third-order valence-corrected chi connectivity index (χ3v) is 2.98. The molecule has 0 spiro atoms. The van der Waals surface area contributed by atoms with Gasteiger partial charge >= 0.3 is 0 Å². The number of alkyl halides is 1. The zero-order valence-corrected chi connectivity index (χ0v) is 8.12. The average Bonchev–Trinajstić information content (AvgIpc) is 2.36. The Hall–Kier alpha value is 0.110. The van der Waals surface area contributed by atoms with E-state index >= 15 is 0 Å². The Balaban J connectivity index is 2.39. The van der Waals surface area contributed by atoms with Crippen LogP contribution in [0.5, 0.6) is 0 Å². The van der Waals surface area contributed by atoms with Gasteiger partial charge in [0.15, 0.2) is 0 Å². The first-order chi connectivity index (χ1) is 5.25. The minimum atomic E-state index is -0.0810. The van der Waals surface area contributed by atoms with E-state index in [9.17, 15) is 4.79 Å². The van der Waals surface area contributed by atoms with Crippen LogP contribution in [0.1, 0.15) is 19.8 Å². The first kappa shape index (κ1) is 9.20. The quantitative estimate of drug-likeness (QED) is 0.507. The molecule has 0 bridgehead atoms. The van der Waals surface area contributed by atoms with Gasteiger partial charge < -0.3 is 4.90 Å². The fraction of sp³-hybridized carbons (Fsp3) is 0.857. The van der Waals surface area contributed by atoms with E-state index in [4.69, 9.17) is 11.6 Å². The van der Waals surface area contributed by atoms with Crippen LogP contribution in [0.15, 0.2) is 0 Å². The van der Waals surface area contributed by atoms with Gasteiger partial charge in [0.2, 0.25) is 0 Å². The second kappa shape index (κ2) is 4.21. The highest BCUT2D eigenvalue weighted by atomic mass is 35.5. The number of nitrogens with zero attached hydrogens (tertiary/aromatic N) is 1. The monoisotopic (exact) mass is 193 g/mol. The molecule has 0 N–H and O–H groups in total. The van der Waals surface area contributed by atoms with Crippen LogP contribution in [0.25, 0.3) is 0 Å². The molecule has 1 aliphatic rings. The zero-order valence-electron chi connectivity index (χ0n) is 6.55. The van der Waals surface area contributed by atoms with E-state index in [0.717, 1.165) is 25.1 Å². The second-order valence-corrected chi connectivity index (χ2v) is 4.08. The molecule has 1 unspecified atom stereocenters. The molecule has 1 atom stereocenters. The summed E-state index contributed by atoms with van der Waals surface area (Å²) in [4.78, 5) is 12.8. The van der Waals surface area contributed by atoms with Gasteiger partial charge in [0.05, 0.1) is 0 Å². The number of amides is 1. The van der Waals surface area contributed by atoms with Gasteiger partial charge in [-0.25, -0.2) is 0 Å². The fourth-order valence-electron chi connectivity index (χ4n) is 1.05. The molecule has 0 aromatic heterocycles. The summed E-state index contributed by atoms with van der Waals surface area (Å²) in [6, 6.07) is 0. The van der Waals surface area contributed by atoms with Crippen molar-refractivity contribution in [1.82, 2.24) is 4.90 Å². The first-order valence-corrected chi connectivity index (χ1v) is 5.25. The minimum absolute atomic E-state index is 0.0810. The van der Waals surface area contributed by atoms with Crippen molar-refractivity contribution < 1.29 is 4.79 Å². The smallest absolute Gasteiger partial charge is 0.282 e. The Bertz CT molecular complexity index is 153. The molecule has 2 nitrogen and oxygen atoms in total. The fourth-order valence-corrected chi connectivity index (χ4v) is 2.36. The van der Waals surface area contributed by atoms with Crippen molar-refractivity contribution in [2.75, 3.05) is 12.3 Å². The summed E-state index contributed by atoms with van der Waals surface area (Å²) in [5.74, 6) is 0.895. The Morgan fingerprint density at radius 2 is 2.55 bits per heavy atom. The van der Waals surface area contributed by atoms with Gasteiger partial charge in [-0.05, 0) is 6.42 Å². The highest BCUT2D eigenvalue weighted by Crippen LogP contribution is 2.23. The maximum Gasteiger partial charge on any atom is 0.282 e. The molecule has 4 heteroatoms. The summed E-state index contributed by atoms with van der Waals surface area (Å²) in [7, 11) is 0. The van der Waals surface area contributed by atoms with Gasteiger partial charge in [0, 0.05) is 12.3 Å². The maximum atomic E-state index is 11.1. The number of thioether (sulfide) groups is 1. The van der Waals surface area contributed by atoms with Crippen LogP contribution in [0, 0.1) is 0 Å². The average molecular weight is 194 g/mol. The van der Waals surface area contributed by atoms with E-state index in [1.807, 2.05) is 0 Å². The van der Waals surface area contributed by atoms with Gasteiger partial charge in [-0.1, -0.05) is 36.7 Å². The molecular weight excluding hydrogens is 182 g/mol. The lowest BCUT2D eigenvalue weighted by atomic mass is 10.3. The maximum absolute atomic E-state index is 11.1. The molecule has 1 saturated heterocycles. The Kier molecular flexibility index (Phi) is 3.52. The van der Waals surface area contributed by atoms with E-state index in [1.165, 1.54) is 11.8 Å². The number of halogens is 1. The second-order valence-electron chi connectivity index (χ2n) is 2.53. The Morgan fingerprint density at radius 3 is 3.00 bits per heavy atom. The van der Waals surface area contributed by atoms with Gasteiger partial charge in [0.1, 0.15) is 5.50 Å². The summed E-state index contributed by atoms with van der Waals surface area (Å²) in [5, 5.41) is 0.137. The van der Waals surface area contributed by atoms with Crippen LogP contribution < -0.4 is 0 Å². The topological polar surface area (TPSA) is 20.3 Å². The molecule has 0 saturated carbocycles. The zero-order chi connectivity index (χ0) is 8.27. The van der Waals surface area contributed by atoms with E-state index in [-0.39, 0.29) is 10.7 Å². The molecule has 0 aliphatic carbocycles. The molecule has 11 heavy (non-hydrogen) atoms. The number of carbonyl (C=O) groups excluding carboxylic acids is 1. The summed E-state index contributed by atoms with van der Waals surface area (Å²) in [6.45, 7) is 2.89. The van der Waals surface area contributed by atoms with Crippen LogP contribution in [-0.2, 0) is 0 Å². The number of rotatable bonds is 3. The molecular formula is C7H12ClNOS. The van der Waals surface area contributed by atoms with Crippen LogP contribution in [0.3, 0.4) is 0 Å². The van der Waals surface area contributed by atoms with Gasteiger partial charge in [-0.3, -0.25) is 4.79 Å². The minimum Gasteiger partial charge on any atom is -0.316 e. The van der Waals surface area contributed by atoms with Crippen molar-refractivity contribution in [3.05, 3.63) is 0 Å². The van der Waals surface area contributed by atoms with E-state index in [2.05, 4.69) is 6.92 Å². The van der Waals surface area contributed by atoms with Crippen molar-refractivity contribution in [3.63, 3.8) is 0 Å². The number of carbonyl (C=O) groups is 1. The van der Waals surface area contributed by atoms with Crippen molar-refractivity contribution in [1.29, 1.82) is 0 Å². The lowest BCUT2D eigenvalue weighted by molar-refractivity contribution is 0.222.